The highest BCUT2D eigenvalue weighted by Gasteiger charge is 2.06. The van der Waals surface area contributed by atoms with Crippen molar-refractivity contribution in [3.8, 4) is 0 Å². The summed E-state index contributed by atoms with van der Waals surface area (Å²) in [6.07, 6.45) is 9.94. The monoisotopic (exact) mass is 386 g/mol. The van der Waals surface area contributed by atoms with E-state index in [4.69, 9.17) is 0 Å². The van der Waals surface area contributed by atoms with E-state index in [-0.39, 0.29) is 5.91 Å². The Morgan fingerprint density at radius 2 is 1.86 bits per heavy atom. The Balaban J connectivity index is 1.60. The van der Waals surface area contributed by atoms with Crippen LogP contribution in [0.1, 0.15) is 41.9 Å². The maximum atomic E-state index is 12.3. The van der Waals surface area contributed by atoms with Gasteiger partial charge in [-0.25, -0.2) is 0 Å². The van der Waals surface area contributed by atoms with E-state index in [1.165, 1.54) is 0 Å². The second kappa shape index (κ2) is 10.2. The summed E-state index contributed by atoms with van der Waals surface area (Å²) < 4.78 is 0. The first-order valence-corrected chi connectivity index (χ1v) is 9.79. The molecule has 0 radical (unpaired) electrons. The molecule has 148 valence electrons. The summed E-state index contributed by atoms with van der Waals surface area (Å²) in [5.41, 5.74) is 4.38. The SMILES string of the molecule is CC(C)CCNC(=O)c1cccc(Nc2ccc(/C=C/c3cnccn3)cc2)c1. The van der Waals surface area contributed by atoms with Crippen LogP contribution >= 0.6 is 0 Å². The molecular weight excluding hydrogens is 360 g/mol. The lowest BCUT2D eigenvalue weighted by Gasteiger charge is -2.10. The van der Waals surface area contributed by atoms with Crippen molar-refractivity contribution >= 4 is 29.4 Å². The van der Waals surface area contributed by atoms with Crippen molar-refractivity contribution < 1.29 is 4.79 Å². The van der Waals surface area contributed by atoms with Crippen LogP contribution in [0, 0.1) is 5.92 Å². The molecule has 5 nitrogen and oxygen atoms in total. The number of amides is 1. The van der Waals surface area contributed by atoms with Crippen molar-refractivity contribution in [2.24, 2.45) is 5.92 Å². The number of hydrogen-bond acceptors (Lipinski definition) is 4. The molecule has 0 unspecified atom stereocenters. The highest BCUT2D eigenvalue weighted by Crippen LogP contribution is 2.19. The van der Waals surface area contributed by atoms with Crippen LogP contribution in [0.4, 0.5) is 11.4 Å². The van der Waals surface area contributed by atoms with Crippen LogP contribution in [0.3, 0.4) is 0 Å². The summed E-state index contributed by atoms with van der Waals surface area (Å²) >= 11 is 0. The Kier molecular flexibility index (Phi) is 7.11. The smallest absolute Gasteiger partial charge is 0.251 e. The third kappa shape index (κ3) is 6.57. The summed E-state index contributed by atoms with van der Waals surface area (Å²) in [6, 6.07) is 15.6. The van der Waals surface area contributed by atoms with Gasteiger partial charge < -0.3 is 10.6 Å². The number of benzene rings is 2. The van der Waals surface area contributed by atoms with Gasteiger partial charge in [-0.15, -0.1) is 0 Å². The van der Waals surface area contributed by atoms with E-state index in [1.54, 1.807) is 18.6 Å². The lowest BCUT2D eigenvalue weighted by molar-refractivity contribution is 0.0952. The Hall–Kier alpha value is -3.47. The van der Waals surface area contributed by atoms with E-state index >= 15 is 0 Å². The van der Waals surface area contributed by atoms with E-state index in [0.717, 1.165) is 29.1 Å². The lowest BCUT2D eigenvalue weighted by Crippen LogP contribution is -2.25. The molecule has 3 aromatic rings. The minimum Gasteiger partial charge on any atom is -0.356 e. The first-order chi connectivity index (χ1) is 14.1. The number of nitrogens with zero attached hydrogens (tertiary/aromatic N) is 2. The molecule has 5 heteroatoms. The Morgan fingerprint density at radius 3 is 2.59 bits per heavy atom. The summed E-state index contributed by atoms with van der Waals surface area (Å²) in [5.74, 6) is 0.528. The first kappa shape index (κ1) is 20.3. The Labute approximate surface area is 171 Å². The summed E-state index contributed by atoms with van der Waals surface area (Å²) in [4.78, 5) is 20.6. The maximum absolute atomic E-state index is 12.3. The molecule has 0 fully saturated rings. The predicted octanol–water partition coefficient (Wildman–Crippen LogP) is 5.17. The predicted molar refractivity (Wildman–Crippen MR) is 119 cm³/mol. The van der Waals surface area contributed by atoms with Crippen molar-refractivity contribution in [2.45, 2.75) is 20.3 Å². The lowest BCUT2D eigenvalue weighted by atomic mass is 10.1. The highest BCUT2D eigenvalue weighted by atomic mass is 16.1. The topological polar surface area (TPSA) is 66.9 Å². The third-order valence-corrected chi connectivity index (χ3v) is 4.36. The molecule has 1 amide bonds. The summed E-state index contributed by atoms with van der Waals surface area (Å²) in [7, 11) is 0. The van der Waals surface area contributed by atoms with Crippen LogP contribution in [0.5, 0.6) is 0 Å². The number of carbonyl (C=O) groups excluding carboxylic acids is 1. The minimum atomic E-state index is -0.0428. The fraction of sp³-hybridized carbons (Fsp3) is 0.208. The van der Waals surface area contributed by atoms with Crippen molar-refractivity contribution in [3.05, 3.63) is 83.9 Å². The molecule has 0 aliphatic carbocycles. The average molecular weight is 386 g/mol. The minimum absolute atomic E-state index is 0.0428. The van der Waals surface area contributed by atoms with Crippen LogP contribution in [0.2, 0.25) is 0 Å². The molecule has 0 saturated heterocycles. The van der Waals surface area contributed by atoms with Crippen LogP contribution in [-0.2, 0) is 0 Å². The van der Waals surface area contributed by atoms with Gasteiger partial charge in [-0.2, -0.15) is 0 Å². The number of hydrogen-bond donors (Lipinski definition) is 2. The van der Waals surface area contributed by atoms with Crippen molar-refractivity contribution in [1.29, 1.82) is 0 Å². The van der Waals surface area contributed by atoms with Crippen molar-refractivity contribution in [2.75, 3.05) is 11.9 Å². The molecular formula is C24H26N4O. The molecule has 3 rings (SSSR count). The Morgan fingerprint density at radius 1 is 1.03 bits per heavy atom. The fourth-order valence-corrected chi connectivity index (χ4v) is 2.74. The quantitative estimate of drug-likeness (QED) is 0.561. The molecule has 0 aliphatic heterocycles. The van der Waals surface area contributed by atoms with Gasteiger partial charge in [0.25, 0.3) is 5.91 Å². The molecule has 0 spiro atoms. The van der Waals surface area contributed by atoms with Crippen molar-refractivity contribution in [3.63, 3.8) is 0 Å². The van der Waals surface area contributed by atoms with E-state index in [0.29, 0.717) is 18.0 Å². The van der Waals surface area contributed by atoms with Gasteiger partial charge in [0.1, 0.15) is 0 Å². The zero-order chi connectivity index (χ0) is 20.5. The van der Waals surface area contributed by atoms with Gasteiger partial charge in [-0.05, 0) is 54.3 Å². The molecule has 0 atom stereocenters. The fourth-order valence-electron chi connectivity index (χ4n) is 2.74. The van der Waals surface area contributed by atoms with E-state index in [2.05, 4.69) is 34.4 Å². The van der Waals surface area contributed by atoms with Crippen molar-refractivity contribution in [1.82, 2.24) is 15.3 Å². The van der Waals surface area contributed by atoms with Crippen LogP contribution in [0.25, 0.3) is 12.2 Å². The van der Waals surface area contributed by atoms with Gasteiger partial charge in [0.15, 0.2) is 0 Å². The van der Waals surface area contributed by atoms with E-state index < -0.39 is 0 Å². The average Bonchev–Trinajstić information content (AvgIpc) is 2.74. The number of aromatic nitrogens is 2. The number of anilines is 2. The van der Waals surface area contributed by atoms with Gasteiger partial charge in [-0.1, -0.05) is 38.1 Å². The molecule has 0 aliphatic rings. The second-order valence-electron chi connectivity index (χ2n) is 7.23. The second-order valence-corrected chi connectivity index (χ2v) is 7.23. The van der Waals surface area contributed by atoms with Crippen LogP contribution in [-0.4, -0.2) is 22.4 Å². The maximum Gasteiger partial charge on any atom is 0.251 e. The van der Waals surface area contributed by atoms with Gasteiger partial charge >= 0.3 is 0 Å². The molecule has 1 heterocycles. The van der Waals surface area contributed by atoms with Gasteiger partial charge in [0, 0.05) is 35.9 Å². The highest BCUT2D eigenvalue weighted by molar-refractivity contribution is 5.95. The largest absolute Gasteiger partial charge is 0.356 e. The standard InChI is InChI=1S/C24H26N4O/c1-18(2)12-13-27-24(29)20-4-3-5-22(16-20)28-21-9-6-19(7-10-21)8-11-23-17-25-14-15-26-23/h3-11,14-18,28H,12-13H2,1-2H3,(H,27,29)/b11-8+. The van der Waals surface area contributed by atoms with Gasteiger partial charge in [-0.3, -0.25) is 14.8 Å². The van der Waals surface area contributed by atoms with E-state index in [9.17, 15) is 4.79 Å². The van der Waals surface area contributed by atoms with Crippen LogP contribution in [0.15, 0.2) is 67.1 Å². The van der Waals surface area contributed by atoms with E-state index in [1.807, 2.05) is 60.7 Å². The molecule has 2 aromatic carbocycles. The molecule has 0 bridgehead atoms. The molecule has 29 heavy (non-hydrogen) atoms. The molecule has 2 N–H and O–H groups in total. The third-order valence-electron chi connectivity index (χ3n) is 4.36. The number of nitrogens with one attached hydrogen (secondary N) is 2. The van der Waals surface area contributed by atoms with Gasteiger partial charge in [0.05, 0.1) is 11.9 Å². The molecule has 1 aromatic heterocycles. The zero-order valence-corrected chi connectivity index (χ0v) is 16.8. The number of carbonyl (C=O) groups is 1. The normalized spacial score (nSPS) is 11.0. The summed E-state index contributed by atoms with van der Waals surface area (Å²) in [5, 5.41) is 6.32. The van der Waals surface area contributed by atoms with Crippen LogP contribution < -0.4 is 10.6 Å². The molecule has 0 saturated carbocycles. The van der Waals surface area contributed by atoms with Gasteiger partial charge in [0.2, 0.25) is 0 Å². The first-order valence-electron chi connectivity index (χ1n) is 9.79. The number of rotatable bonds is 8. The Bertz CT molecular complexity index is 950. The summed E-state index contributed by atoms with van der Waals surface area (Å²) in [6.45, 7) is 4.98. The zero-order valence-electron chi connectivity index (χ0n) is 16.8.